The Bertz CT molecular complexity index is 616. The number of hydrogen-bond donors (Lipinski definition) is 0. The summed E-state index contributed by atoms with van der Waals surface area (Å²) in [5.74, 6) is 0.201. The second-order valence-electron chi connectivity index (χ2n) is 4.51. The molecule has 2 rings (SSSR count). The molecule has 110 valence electrons. The van der Waals surface area contributed by atoms with E-state index in [1.807, 2.05) is 18.2 Å². The van der Waals surface area contributed by atoms with E-state index in [1.54, 1.807) is 30.1 Å². The average Bonchev–Trinajstić information content (AvgIpc) is 2.49. The summed E-state index contributed by atoms with van der Waals surface area (Å²) in [4.78, 5) is 13.8. The van der Waals surface area contributed by atoms with E-state index in [-0.39, 0.29) is 11.7 Å². The first kappa shape index (κ1) is 15.5. The van der Waals surface area contributed by atoms with Gasteiger partial charge >= 0.3 is 0 Å². The van der Waals surface area contributed by atoms with E-state index in [0.717, 1.165) is 4.47 Å². The van der Waals surface area contributed by atoms with Crippen molar-refractivity contribution in [3.8, 4) is 5.75 Å². The highest BCUT2D eigenvalue weighted by atomic mass is 79.9. The fourth-order valence-corrected chi connectivity index (χ4v) is 2.23. The van der Waals surface area contributed by atoms with Crippen LogP contribution in [-0.2, 0) is 0 Å². The van der Waals surface area contributed by atoms with Crippen LogP contribution in [0.3, 0.4) is 0 Å². The molecular formula is C16H15BrFNO2. The molecule has 21 heavy (non-hydrogen) atoms. The van der Waals surface area contributed by atoms with Gasteiger partial charge in [0.15, 0.2) is 0 Å². The van der Waals surface area contributed by atoms with Gasteiger partial charge in [0.25, 0.3) is 5.91 Å². The molecule has 1 amide bonds. The second kappa shape index (κ2) is 7.22. The minimum Gasteiger partial charge on any atom is -0.492 e. The number of halogens is 2. The Morgan fingerprint density at radius 1 is 1.19 bits per heavy atom. The summed E-state index contributed by atoms with van der Waals surface area (Å²) in [6.07, 6.45) is 0. The molecule has 0 N–H and O–H groups in total. The summed E-state index contributed by atoms with van der Waals surface area (Å²) >= 11 is 3.36. The number of nitrogens with zero attached hydrogens (tertiary/aromatic N) is 1. The number of likely N-dealkylation sites (N-methyl/N-ethyl adjacent to an activating group) is 1. The number of amides is 1. The molecule has 0 unspecified atom stereocenters. The van der Waals surface area contributed by atoms with Gasteiger partial charge in [0.1, 0.15) is 18.2 Å². The highest BCUT2D eigenvalue weighted by Crippen LogP contribution is 2.17. The zero-order valence-corrected chi connectivity index (χ0v) is 13.1. The van der Waals surface area contributed by atoms with Gasteiger partial charge in [0.05, 0.1) is 12.1 Å². The van der Waals surface area contributed by atoms with Crippen molar-refractivity contribution in [2.75, 3.05) is 20.2 Å². The van der Waals surface area contributed by atoms with E-state index in [9.17, 15) is 9.18 Å². The van der Waals surface area contributed by atoms with Crippen LogP contribution in [0, 0.1) is 5.82 Å². The third kappa shape index (κ3) is 4.29. The summed E-state index contributed by atoms with van der Waals surface area (Å²) in [6, 6.07) is 13.1. The maximum absolute atomic E-state index is 12.8. The van der Waals surface area contributed by atoms with Crippen molar-refractivity contribution in [1.29, 1.82) is 0 Å². The SMILES string of the molecule is CN(CCOc1ccc(F)cc1)C(=O)c1ccccc1Br. The summed E-state index contributed by atoms with van der Waals surface area (Å²) < 4.78 is 19.0. The third-order valence-corrected chi connectivity index (χ3v) is 3.65. The fraction of sp³-hybridized carbons (Fsp3) is 0.188. The number of hydrogen-bond acceptors (Lipinski definition) is 2. The van der Waals surface area contributed by atoms with Crippen molar-refractivity contribution in [3.05, 3.63) is 64.4 Å². The lowest BCUT2D eigenvalue weighted by molar-refractivity contribution is 0.0773. The monoisotopic (exact) mass is 351 g/mol. The number of carbonyl (C=O) groups is 1. The Kier molecular flexibility index (Phi) is 5.33. The summed E-state index contributed by atoms with van der Waals surface area (Å²) in [6.45, 7) is 0.788. The Morgan fingerprint density at radius 3 is 2.52 bits per heavy atom. The Balaban J connectivity index is 1.87. The van der Waals surface area contributed by atoms with E-state index in [1.165, 1.54) is 12.1 Å². The van der Waals surface area contributed by atoms with Gasteiger partial charge in [-0.15, -0.1) is 0 Å². The number of carbonyl (C=O) groups excluding carboxylic acids is 1. The predicted molar refractivity (Wildman–Crippen MR) is 83.0 cm³/mol. The molecule has 0 aliphatic rings. The zero-order valence-electron chi connectivity index (χ0n) is 11.6. The van der Waals surface area contributed by atoms with Crippen molar-refractivity contribution in [1.82, 2.24) is 4.90 Å². The van der Waals surface area contributed by atoms with Crippen molar-refractivity contribution in [2.24, 2.45) is 0 Å². The molecule has 0 heterocycles. The van der Waals surface area contributed by atoms with Crippen molar-refractivity contribution in [3.63, 3.8) is 0 Å². The Hall–Kier alpha value is -1.88. The van der Waals surface area contributed by atoms with Crippen LogP contribution in [0.5, 0.6) is 5.75 Å². The Labute approximate surface area is 131 Å². The largest absolute Gasteiger partial charge is 0.492 e. The molecule has 2 aromatic carbocycles. The standard InChI is InChI=1S/C16H15BrFNO2/c1-19(16(20)14-4-2-3-5-15(14)17)10-11-21-13-8-6-12(18)7-9-13/h2-9H,10-11H2,1H3. The van der Waals surface area contributed by atoms with E-state index < -0.39 is 0 Å². The summed E-state index contributed by atoms with van der Waals surface area (Å²) in [5, 5.41) is 0. The summed E-state index contributed by atoms with van der Waals surface area (Å²) in [7, 11) is 1.72. The van der Waals surface area contributed by atoms with Crippen LogP contribution in [0.4, 0.5) is 4.39 Å². The minimum atomic E-state index is -0.302. The molecule has 0 aliphatic heterocycles. The molecule has 0 spiro atoms. The fourth-order valence-electron chi connectivity index (χ4n) is 1.77. The first-order valence-electron chi connectivity index (χ1n) is 6.46. The van der Waals surface area contributed by atoms with Gasteiger partial charge < -0.3 is 9.64 Å². The minimum absolute atomic E-state index is 0.0785. The molecular weight excluding hydrogens is 337 g/mol. The summed E-state index contributed by atoms with van der Waals surface area (Å²) in [5.41, 5.74) is 0.613. The molecule has 0 saturated carbocycles. The maximum atomic E-state index is 12.8. The molecule has 0 radical (unpaired) electrons. The number of ether oxygens (including phenoxy) is 1. The van der Waals surface area contributed by atoms with Gasteiger partial charge in [0, 0.05) is 11.5 Å². The first-order chi connectivity index (χ1) is 10.1. The van der Waals surface area contributed by atoms with Crippen LogP contribution in [0.1, 0.15) is 10.4 Å². The topological polar surface area (TPSA) is 29.5 Å². The first-order valence-corrected chi connectivity index (χ1v) is 7.25. The van der Waals surface area contributed by atoms with Crippen LogP contribution in [0.25, 0.3) is 0 Å². The maximum Gasteiger partial charge on any atom is 0.254 e. The van der Waals surface area contributed by atoms with Gasteiger partial charge in [-0.3, -0.25) is 4.79 Å². The van der Waals surface area contributed by atoms with Crippen molar-refractivity contribution < 1.29 is 13.9 Å². The van der Waals surface area contributed by atoms with Crippen molar-refractivity contribution in [2.45, 2.75) is 0 Å². The molecule has 0 saturated heterocycles. The second-order valence-corrected chi connectivity index (χ2v) is 5.36. The highest BCUT2D eigenvalue weighted by molar-refractivity contribution is 9.10. The lowest BCUT2D eigenvalue weighted by Gasteiger charge is -2.18. The van der Waals surface area contributed by atoms with Gasteiger partial charge in [-0.25, -0.2) is 4.39 Å². The molecule has 0 bridgehead atoms. The normalized spacial score (nSPS) is 10.2. The van der Waals surface area contributed by atoms with Gasteiger partial charge in [0.2, 0.25) is 0 Å². The third-order valence-electron chi connectivity index (χ3n) is 2.96. The van der Waals surface area contributed by atoms with Gasteiger partial charge in [-0.2, -0.15) is 0 Å². The molecule has 2 aromatic rings. The quantitative estimate of drug-likeness (QED) is 0.821. The lowest BCUT2D eigenvalue weighted by atomic mass is 10.2. The van der Waals surface area contributed by atoms with E-state index in [4.69, 9.17) is 4.74 Å². The molecule has 3 nitrogen and oxygen atoms in total. The zero-order chi connectivity index (χ0) is 15.2. The van der Waals surface area contributed by atoms with Gasteiger partial charge in [-0.05, 0) is 52.3 Å². The van der Waals surface area contributed by atoms with Crippen LogP contribution in [-0.4, -0.2) is 31.0 Å². The molecule has 0 aromatic heterocycles. The van der Waals surface area contributed by atoms with E-state index in [0.29, 0.717) is 24.5 Å². The number of benzene rings is 2. The number of rotatable bonds is 5. The van der Waals surface area contributed by atoms with Crippen LogP contribution in [0.15, 0.2) is 53.0 Å². The van der Waals surface area contributed by atoms with Crippen LogP contribution < -0.4 is 4.74 Å². The Morgan fingerprint density at radius 2 is 1.86 bits per heavy atom. The molecule has 5 heteroatoms. The average molecular weight is 352 g/mol. The van der Waals surface area contributed by atoms with E-state index >= 15 is 0 Å². The van der Waals surface area contributed by atoms with E-state index in [2.05, 4.69) is 15.9 Å². The van der Waals surface area contributed by atoms with Crippen LogP contribution in [0.2, 0.25) is 0 Å². The molecule has 0 aliphatic carbocycles. The smallest absolute Gasteiger partial charge is 0.254 e. The highest BCUT2D eigenvalue weighted by Gasteiger charge is 2.14. The van der Waals surface area contributed by atoms with Crippen LogP contribution >= 0.6 is 15.9 Å². The van der Waals surface area contributed by atoms with Crippen molar-refractivity contribution >= 4 is 21.8 Å². The van der Waals surface area contributed by atoms with Gasteiger partial charge in [-0.1, -0.05) is 12.1 Å². The molecule has 0 fully saturated rings. The lowest BCUT2D eigenvalue weighted by Crippen LogP contribution is -2.31. The predicted octanol–water partition coefficient (Wildman–Crippen LogP) is 3.74. The molecule has 0 atom stereocenters.